The van der Waals surface area contributed by atoms with Gasteiger partial charge in [-0.25, -0.2) is 0 Å². The molecule has 0 atom stereocenters. The number of nitrogens with zero attached hydrogens (tertiary/aromatic N) is 2. The van der Waals surface area contributed by atoms with Crippen molar-refractivity contribution in [1.82, 2.24) is 15.5 Å². The molecule has 5 nitrogen and oxygen atoms in total. The number of hydrogen-bond acceptors (Lipinski definition) is 4. The molecule has 0 fully saturated rings. The van der Waals surface area contributed by atoms with E-state index in [0.717, 1.165) is 12.0 Å². The molecule has 0 saturated carbocycles. The van der Waals surface area contributed by atoms with E-state index in [1.54, 1.807) is 0 Å². The van der Waals surface area contributed by atoms with Gasteiger partial charge in [0.05, 0.1) is 0 Å². The lowest BCUT2D eigenvalue weighted by Crippen LogP contribution is -2.25. The van der Waals surface area contributed by atoms with E-state index in [4.69, 9.17) is 4.52 Å². The van der Waals surface area contributed by atoms with Crippen molar-refractivity contribution in [3.63, 3.8) is 0 Å². The second-order valence-corrected chi connectivity index (χ2v) is 8.06. The molecule has 0 spiro atoms. The molecular weight excluding hydrogens is 350 g/mol. The quantitative estimate of drug-likeness (QED) is 0.632. The van der Waals surface area contributed by atoms with Crippen molar-refractivity contribution in [2.75, 3.05) is 6.54 Å². The predicted octanol–water partition coefficient (Wildman–Crippen LogP) is 4.71. The molecule has 2 aromatic carbocycles. The third-order valence-electron chi connectivity index (χ3n) is 4.64. The number of aromatic nitrogens is 2. The van der Waals surface area contributed by atoms with Crippen LogP contribution >= 0.6 is 0 Å². The first-order valence-electron chi connectivity index (χ1n) is 9.61. The first-order valence-corrected chi connectivity index (χ1v) is 9.61. The number of nitrogens with one attached hydrogen (secondary N) is 1. The normalized spacial score (nSPS) is 11.4. The van der Waals surface area contributed by atoms with Crippen LogP contribution in [0.15, 0.2) is 53.1 Å². The molecule has 1 N–H and O–H groups in total. The third-order valence-corrected chi connectivity index (χ3v) is 4.64. The molecular formula is C23H27N3O2. The Kier molecular flexibility index (Phi) is 5.93. The average Bonchev–Trinajstić information content (AvgIpc) is 3.14. The monoisotopic (exact) mass is 377 g/mol. The number of carbonyl (C=O) groups is 1. The van der Waals surface area contributed by atoms with Crippen LogP contribution in [0, 0.1) is 6.92 Å². The molecule has 146 valence electrons. The van der Waals surface area contributed by atoms with Crippen molar-refractivity contribution >= 4 is 5.91 Å². The van der Waals surface area contributed by atoms with E-state index in [1.807, 2.05) is 55.5 Å². The van der Waals surface area contributed by atoms with Gasteiger partial charge in [0.25, 0.3) is 5.91 Å². The first-order chi connectivity index (χ1) is 13.3. The molecule has 5 heteroatoms. The minimum absolute atomic E-state index is 0.0636. The summed E-state index contributed by atoms with van der Waals surface area (Å²) >= 11 is 0. The maximum absolute atomic E-state index is 12.3. The zero-order valence-electron chi connectivity index (χ0n) is 17.0. The van der Waals surface area contributed by atoms with Gasteiger partial charge in [0.2, 0.25) is 11.7 Å². The standard InChI is InChI=1S/C23H27N3O2/c1-16-7-9-17(10-8-16)21-25-20(28-26-21)6-5-15-24-22(27)18-11-13-19(14-12-18)23(2,3)4/h7-14H,5-6,15H2,1-4H3,(H,24,27). The van der Waals surface area contributed by atoms with Gasteiger partial charge in [0.1, 0.15) is 0 Å². The second kappa shape index (κ2) is 8.38. The van der Waals surface area contributed by atoms with E-state index >= 15 is 0 Å². The van der Waals surface area contributed by atoms with Crippen LogP contribution in [0.3, 0.4) is 0 Å². The SMILES string of the molecule is Cc1ccc(-c2noc(CCCNC(=O)c3ccc(C(C)(C)C)cc3)n2)cc1. The van der Waals surface area contributed by atoms with E-state index < -0.39 is 0 Å². The van der Waals surface area contributed by atoms with E-state index in [0.29, 0.717) is 30.2 Å². The third kappa shape index (κ3) is 5.06. The van der Waals surface area contributed by atoms with Crippen molar-refractivity contribution in [1.29, 1.82) is 0 Å². The van der Waals surface area contributed by atoms with Gasteiger partial charge in [0.15, 0.2) is 0 Å². The van der Waals surface area contributed by atoms with Crippen LogP contribution in [-0.2, 0) is 11.8 Å². The van der Waals surface area contributed by atoms with Crippen molar-refractivity contribution in [2.24, 2.45) is 0 Å². The van der Waals surface area contributed by atoms with Gasteiger partial charge in [0, 0.05) is 24.1 Å². The highest BCUT2D eigenvalue weighted by molar-refractivity contribution is 5.94. The highest BCUT2D eigenvalue weighted by atomic mass is 16.5. The second-order valence-electron chi connectivity index (χ2n) is 8.06. The Morgan fingerprint density at radius 3 is 2.36 bits per heavy atom. The van der Waals surface area contributed by atoms with Crippen molar-refractivity contribution in [3.8, 4) is 11.4 Å². The van der Waals surface area contributed by atoms with Crippen LogP contribution in [0.2, 0.25) is 0 Å². The van der Waals surface area contributed by atoms with E-state index in [-0.39, 0.29) is 11.3 Å². The number of hydrogen-bond donors (Lipinski definition) is 1. The topological polar surface area (TPSA) is 68.0 Å². The summed E-state index contributed by atoms with van der Waals surface area (Å²) in [7, 11) is 0. The Morgan fingerprint density at radius 1 is 1.04 bits per heavy atom. The lowest BCUT2D eigenvalue weighted by atomic mass is 9.87. The maximum atomic E-state index is 12.3. The van der Waals surface area contributed by atoms with Gasteiger partial charge in [-0.05, 0) is 36.5 Å². The molecule has 0 aliphatic heterocycles. The Balaban J connectivity index is 1.47. The summed E-state index contributed by atoms with van der Waals surface area (Å²) in [6, 6.07) is 15.8. The summed E-state index contributed by atoms with van der Waals surface area (Å²) in [6.07, 6.45) is 1.36. The van der Waals surface area contributed by atoms with E-state index in [1.165, 1.54) is 11.1 Å². The summed E-state index contributed by atoms with van der Waals surface area (Å²) in [5.74, 6) is 1.11. The molecule has 28 heavy (non-hydrogen) atoms. The molecule has 0 radical (unpaired) electrons. The highest BCUT2D eigenvalue weighted by Crippen LogP contribution is 2.22. The fourth-order valence-corrected chi connectivity index (χ4v) is 2.84. The van der Waals surface area contributed by atoms with Gasteiger partial charge < -0.3 is 9.84 Å². The molecule has 1 amide bonds. The number of aryl methyl sites for hydroxylation is 2. The summed E-state index contributed by atoms with van der Waals surface area (Å²) in [4.78, 5) is 16.7. The number of carbonyl (C=O) groups excluding carboxylic acids is 1. The smallest absolute Gasteiger partial charge is 0.251 e. The maximum Gasteiger partial charge on any atom is 0.251 e. The van der Waals surface area contributed by atoms with Gasteiger partial charge in [-0.15, -0.1) is 0 Å². The van der Waals surface area contributed by atoms with Gasteiger partial charge in [-0.3, -0.25) is 4.79 Å². The Hall–Kier alpha value is -2.95. The van der Waals surface area contributed by atoms with E-state index in [9.17, 15) is 4.79 Å². The number of rotatable bonds is 6. The van der Waals surface area contributed by atoms with Gasteiger partial charge in [-0.2, -0.15) is 4.98 Å². The summed E-state index contributed by atoms with van der Waals surface area (Å²) in [5, 5.41) is 6.98. The van der Waals surface area contributed by atoms with Crippen LogP contribution < -0.4 is 5.32 Å². The molecule has 1 heterocycles. The van der Waals surface area contributed by atoms with Gasteiger partial charge in [-0.1, -0.05) is 67.9 Å². The molecule has 0 saturated heterocycles. The van der Waals surface area contributed by atoms with Crippen LogP contribution in [-0.4, -0.2) is 22.6 Å². The molecule has 1 aromatic heterocycles. The molecule has 0 aliphatic rings. The molecule has 3 aromatic rings. The minimum Gasteiger partial charge on any atom is -0.352 e. The van der Waals surface area contributed by atoms with Crippen LogP contribution in [0.4, 0.5) is 0 Å². The first kappa shape index (κ1) is 19.8. The lowest BCUT2D eigenvalue weighted by molar-refractivity contribution is 0.0953. The Morgan fingerprint density at radius 2 is 1.71 bits per heavy atom. The summed E-state index contributed by atoms with van der Waals surface area (Å²) in [5.41, 5.74) is 4.09. The van der Waals surface area contributed by atoms with Crippen molar-refractivity contribution in [2.45, 2.75) is 46.0 Å². The fourth-order valence-electron chi connectivity index (χ4n) is 2.84. The largest absolute Gasteiger partial charge is 0.352 e. The Bertz CT molecular complexity index is 920. The molecule has 0 aliphatic carbocycles. The van der Waals surface area contributed by atoms with Crippen LogP contribution in [0.25, 0.3) is 11.4 Å². The summed E-state index contributed by atoms with van der Waals surface area (Å²) < 4.78 is 5.31. The fraction of sp³-hybridized carbons (Fsp3) is 0.348. The molecule has 0 bridgehead atoms. The van der Waals surface area contributed by atoms with Crippen molar-refractivity contribution in [3.05, 3.63) is 71.1 Å². The highest BCUT2D eigenvalue weighted by Gasteiger charge is 2.14. The van der Waals surface area contributed by atoms with Crippen LogP contribution in [0.5, 0.6) is 0 Å². The predicted molar refractivity (Wildman–Crippen MR) is 110 cm³/mol. The number of benzene rings is 2. The zero-order valence-corrected chi connectivity index (χ0v) is 17.0. The molecule has 3 rings (SSSR count). The molecule has 0 unspecified atom stereocenters. The average molecular weight is 377 g/mol. The number of amides is 1. The van der Waals surface area contributed by atoms with E-state index in [2.05, 4.69) is 36.2 Å². The Labute approximate surface area is 166 Å². The van der Waals surface area contributed by atoms with Crippen molar-refractivity contribution < 1.29 is 9.32 Å². The minimum atomic E-state index is -0.0636. The lowest BCUT2D eigenvalue weighted by Gasteiger charge is -2.19. The van der Waals surface area contributed by atoms with Crippen LogP contribution in [0.1, 0.15) is 54.6 Å². The summed E-state index contributed by atoms with van der Waals surface area (Å²) in [6.45, 7) is 9.07. The zero-order chi connectivity index (χ0) is 20.1. The van der Waals surface area contributed by atoms with Gasteiger partial charge >= 0.3 is 0 Å².